The predicted octanol–water partition coefficient (Wildman–Crippen LogP) is 13.2. The number of fused-ring (bicyclic) bond motifs is 12. The molecule has 0 saturated heterocycles. The zero-order valence-electron chi connectivity index (χ0n) is 28.8. The summed E-state index contributed by atoms with van der Waals surface area (Å²) in [6, 6.07) is 61.9. The molecule has 248 valence electrons. The van der Waals surface area contributed by atoms with Crippen LogP contribution in [0.4, 0.5) is 22.7 Å². The third-order valence-electron chi connectivity index (χ3n) is 10.8. The van der Waals surface area contributed by atoms with Crippen LogP contribution >= 0.6 is 11.3 Å². The minimum Gasteiger partial charge on any atom is -0.326 e. The fourth-order valence-electron chi connectivity index (χ4n) is 8.47. The molecule has 53 heavy (non-hydrogen) atoms. The molecule has 4 heteroatoms. The van der Waals surface area contributed by atoms with E-state index < -0.39 is 0 Å². The van der Waals surface area contributed by atoms with Crippen molar-refractivity contribution in [3.8, 4) is 55.8 Å². The topological polar surface area (TPSA) is 19.1 Å². The van der Waals surface area contributed by atoms with Gasteiger partial charge >= 0.3 is 0 Å². The van der Waals surface area contributed by atoms with Crippen LogP contribution in [-0.2, 0) is 0 Å². The summed E-state index contributed by atoms with van der Waals surface area (Å²) in [6.07, 6.45) is 4.24. The maximum Gasteiger partial charge on any atom is 0.235 e. The number of benzene rings is 7. The van der Waals surface area contributed by atoms with Gasteiger partial charge in [0.25, 0.3) is 0 Å². The highest BCUT2D eigenvalue weighted by Crippen LogP contribution is 2.54. The number of anilines is 2. The Morgan fingerprint density at radius 3 is 2.04 bits per heavy atom. The Labute approximate surface area is 312 Å². The van der Waals surface area contributed by atoms with E-state index in [4.69, 9.17) is 4.98 Å². The van der Waals surface area contributed by atoms with E-state index in [-0.39, 0.29) is 0 Å². The van der Waals surface area contributed by atoms with Crippen LogP contribution in [0.5, 0.6) is 0 Å². The van der Waals surface area contributed by atoms with Crippen molar-refractivity contribution in [2.45, 2.75) is 0 Å². The van der Waals surface area contributed by atoms with Crippen molar-refractivity contribution in [2.75, 3.05) is 11.4 Å². The summed E-state index contributed by atoms with van der Waals surface area (Å²) in [5, 5.41) is 2.62. The summed E-state index contributed by atoms with van der Waals surface area (Å²) in [7, 11) is 0. The molecule has 0 spiro atoms. The number of hydrogen-bond acceptors (Lipinski definition) is 3. The monoisotopic (exact) mass is 694 g/mol. The zero-order valence-corrected chi connectivity index (χ0v) is 29.6. The molecule has 0 amide bonds. The van der Waals surface area contributed by atoms with E-state index in [2.05, 4.69) is 186 Å². The quantitative estimate of drug-likeness (QED) is 0.172. The summed E-state index contributed by atoms with van der Waals surface area (Å²) in [4.78, 5) is 7.62. The number of nitrogens with zero attached hydrogens (tertiary/aromatic N) is 3. The molecule has 9 aromatic rings. The van der Waals surface area contributed by atoms with Gasteiger partial charge in [0.1, 0.15) is 12.2 Å². The van der Waals surface area contributed by atoms with Gasteiger partial charge in [-0.1, -0.05) is 121 Å². The van der Waals surface area contributed by atoms with Gasteiger partial charge in [-0.25, -0.2) is 0 Å². The zero-order chi connectivity index (χ0) is 34.9. The lowest BCUT2D eigenvalue weighted by Gasteiger charge is -2.30. The molecule has 0 unspecified atom stereocenters. The van der Waals surface area contributed by atoms with Gasteiger partial charge in [-0.05, 0) is 63.7 Å². The van der Waals surface area contributed by atoms with Gasteiger partial charge < -0.3 is 4.90 Å². The van der Waals surface area contributed by atoms with Crippen molar-refractivity contribution in [2.24, 2.45) is 0 Å². The standard InChI is InChI=1S/C49H32N3S/c1-3-14-32(15-4-1)51-28-29-52(33-16-5-2-6-17-33)45-31-43-42(30-44(45)51)34-18-7-8-20-36(34)47-37(39-25-13-27-50-48(39)43)21-11-22-38(47)41-24-12-23-40-35-19-9-10-26-46(35)53-49(40)41/h1-28,30-31H,29H2/q+1. The van der Waals surface area contributed by atoms with E-state index in [1.54, 1.807) is 0 Å². The molecular weight excluding hydrogens is 663 g/mol. The number of para-hydroxylation sites is 2. The average Bonchev–Trinajstić information content (AvgIpc) is 3.62. The van der Waals surface area contributed by atoms with E-state index in [1.807, 2.05) is 17.5 Å². The van der Waals surface area contributed by atoms with Crippen molar-refractivity contribution < 1.29 is 0 Å². The van der Waals surface area contributed by atoms with Crippen molar-refractivity contribution >= 4 is 60.5 Å². The maximum absolute atomic E-state index is 5.20. The van der Waals surface area contributed by atoms with Crippen LogP contribution in [0.2, 0.25) is 0 Å². The van der Waals surface area contributed by atoms with Crippen LogP contribution in [-0.4, -0.2) is 17.7 Å². The molecule has 0 atom stereocenters. The maximum atomic E-state index is 5.20. The first-order chi connectivity index (χ1) is 26.3. The van der Waals surface area contributed by atoms with Crippen molar-refractivity contribution in [1.29, 1.82) is 0 Å². The Kier molecular flexibility index (Phi) is 6.79. The van der Waals surface area contributed by atoms with Gasteiger partial charge in [-0.15, -0.1) is 11.3 Å². The molecule has 1 aliphatic heterocycles. The van der Waals surface area contributed by atoms with Crippen molar-refractivity contribution in [1.82, 2.24) is 9.56 Å². The first-order valence-corrected chi connectivity index (χ1v) is 18.9. The third-order valence-corrected chi connectivity index (χ3v) is 12.0. The normalized spacial score (nSPS) is 12.9. The van der Waals surface area contributed by atoms with E-state index in [1.165, 1.54) is 59.1 Å². The van der Waals surface area contributed by atoms with Gasteiger partial charge in [0, 0.05) is 66.9 Å². The van der Waals surface area contributed by atoms with Crippen molar-refractivity contribution in [3.05, 3.63) is 176 Å². The lowest BCUT2D eigenvalue weighted by atomic mass is 9.79. The summed E-state index contributed by atoms with van der Waals surface area (Å²) in [5.74, 6) is 0. The van der Waals surface area contributed by atoms with Crippen LogP contribution in [0, 0.1) is 0 Å². The van der Waals surface area contributed by atoms with Crippen LogP contribution in [0.3, 0.4) is 0 Å². The van der Waals surface area contributed by atoms with Gasteiger partial charge in [0.2, 0.25) is 11.4 Å². The first kappa shape index (κ1) is 30.0. The molecule has 3 nitrogen and oxygen atoms in total. The fraction of sp³-hybridized carbons (Fsp3) is 0.0204. The van der Waals surface area contributed by atoms with Gasteiger partial charge in [0.05, 0.1) is 5.69 Å². The van der Waals surface area contributed by atoms with E-state index in [0.717, 1.165) is 46.1 Å². The minimum atomic E-state index is 0.742. The Morgan fingerprint density at radius 2 is 1.17 bits per heavy atom. The third kappa shape index (κ3) is 4.66. The summed E-state index contributed by atoms with van der Waals surface area (Å²) < 4.78 is 4.99. The van der Waals surface area contributed by atoms with E-state index in [0.29, 0.717) is 0 Å². The van der Waals surface area contributed by atoms with Gasteiger partial charge in [-0.2, -0.15) is 4.58 Å². The molecule has 2 aliphatic rings. The highest BCUT2D eigenvalue weighted by molar-refractivity contribution is 7.26. The molecule has 0 bridgehead atoms. The highest BCUT2D eigenvalue weighted by atomic mass is 32.1. The number of pyridine rings is 1. The van der Waals surface area contributed by atoms with Gasteiger partial charge in [0.15, 0.2) is 6.21 Å². The summed E-state index contributed by atoms with van der Waals surface area (Å²) >= 11 is 1.88. The summed E-state index contributed by atoms with van der Waals surface area (Å²) in [5.41, 5.74) is 16.4. The Morgan fingerprint density at radius 1 is 0.509 bits per heavy atom. The average molecular weight is 695 g/mol. The minimum absolute atomic E-state index is 0.742. The molecule has 1 aliphatic carbocycles. The van der Waals surface area contributed by atoms with Crippen LogP contribution in [0.25, 0.3) is 75.9 Å². The van der Waals surface area contributed by atoms with Crippen LogP contribution < -0.4 is 9.48 Å². The molecule has 11 rings (SSSR count). The SMILES string of the molecule is C1=[N+](c2ccccc2)c2cc3c(cc2N(c2ccccc2)C1)-c1ncccc1-c1cccc(-c2cccc4c2sc2ccccc24)c1-c1ccccc1-3. The molecule has 0 N–H and O–H groups in total. The Bertz CT molecular complexity index is 2920. The molecular formula is C49H32N3S+. The fourth-order valence-corrected chi connectivity index (χ4v) is 9.70. The molecule has 7 aromatic carbocycles. The smallest absolute Gasteiger partial charge is 0.235 e. The van der Waals surface area contributed by atoms with Crippen LogP contribution in [0.1, 0.15) is 0 Å². The molecule has 0 radical (unpaired) electrons. The second-order valence-corrected chi connectivity index (χ2v) is 14.7. The van der Waals surface area contributed by atoms with Crippen molar-refractivity contribution in [3.63, 3.8) is 0 Å². The lowest BCUT2D eigenvalue weighted by molar-refractivity contribution is 1.000. The Hall–Kier alpha value is -6.62. The van der Waals surface area contributed by atoms with E-state index >= 15 is 0 Å². The van der Waals surface area contributed by atoms with E-state index in [9.17, 15) is 0 Å². The molecule has 2 aromatic heterocycles. The van der Waals surface area contributed by atoms with Crippen LogP contribution in [0.15, 0.2) is 176 Å². The second-order valence-electron chi connectivity index (χ2n) is 13.7. The number of hydrogen-bond donors (Lipinski definition) is 0. The number of aromatic nitrogens is 1. The Balaban J connectivity index is 1.23. The number of thiophene rings is 1. The second kappa shape index (κ2) is 12.0. The number of rotatable bonds is 3. The lowest BCUT2D eigenvalue weighted by Crippen LogP contribution is -2.29. The van der Waals surface area contributed by atoms with Gasteiger partial charge in [-0.3, -0.25) is 4.98 Å². The highest BCUT2D eigenvalue weighted by Gasteiger charge is 2.33. The molecule has 0 saturated carbocycles. The molecule has 3 heterocycles. The largest absolute Gasteiger partial charge is 0.326 e. The first-order valence-electron chi connectivity index (χ1n) is 18.1. The summed E-state index contributed by atoms with van der Waals surface area (Å²) in [6.45, 7) is 0.742. The molecule has 0 fully saturated rings. The predicted molar refractivity (Wildman–Crippen MR) is 225 cm³/mol.